The van der Waals surface area contributed by atoms with Crippen LogP contribution in [0.5, 0.6) is 0 Å². The van der Waals surface area contributed by atoms with Gasteiger partial charge in [-0.3, -0.25) is 4.79 Å². The summed E-state index contributed by atoms with van der Waals surface area (Å²) in [7, 11) is 9.48. The summed E-state index contributed by atoms with van der Waals surface area (Å²) in [5.74, 6) is -0.194. The molecule has 0 aliphatic rings. The molecule has 0 saturated carbocycles. The molecule has 5 heteroatoms. The molecule has 0 radical (unpaired) electrons. The Kier molecular flexibility index (Phi) is 8.15. The normalized spacial score (nSPS) is 14.9. The Morgan fingerprint density at radius 3 is 2.28 bits per heavy atom. The third-order valence-electron chi connectivity index (χ3n) is 3.33. The molecule has 0 aliphatic carbocycles. The lowest BCUT2D eigenvalue weighted by atomic mass is 9.96. The topological polar surface area (TPSA) is 44.8 Å². The Bertz CT molecular complexity index is 246. The van der Waals surface area contributed by atoms with E-state index in [-0.39, 0.29) is 5.97 Å². The van der Waals surface area contributed by atoms with Gasteiger partial charge in [0.25, 0.3) is 0 Å². The van der Waals surface area contributed by atoms with Crippen LogP contribution in [-0.4, -0.2) is 76.2 Å². The number of nitrogens with one attached hydrogen (secondary N) is 1. The van der Waals surface area contributed by atoms with E-state index in [1.165, 1.54) is 7.11 Å². The summed E-state index contributed by atoms with van der Waals surface area (Å²) < 4.78 is 4.82. The molecule has 1 unspecified atom stereocenters. The van der Waals surface area contributed by atoms with Crippen molar-refractivity contribution < 1.29 is 9.53 Å². The maximum Gasteiger partial charge on any atom is 0.325 e. The summed E-state index contributed by atoms with van der Waals surface area (Å²) in [6.07, 6.45) is 1.75. The predicted octanol–water partition coefficient (Wildman–Crippen LogP) is 0.411. The zero-order valence-corrected chi connectivity index (χ0v) is 12.7. The van der Waals surface area contributed by atoms with E-state index >= 15 is 0 Å². The molecule has 5 nitrogen and oxygen atoms in total. The van der Waals surface area contributed by atoms with Crippen LogP contribution < -0.4 is 5.32 Å². The maximum atomic E-state index is 11.7. The van der Waals surface area contributed by atoms with Gasteiger partial charge in [0.05, 0.1) is 7.11 Å². The Balaban J connectivity index is 3.97. The van der Waals surface area contributed by atoms with Gasteiger partial charge in [-0.1, -0.05) is 0 Å². The molecule has 0 aromatic rings. The van der Waals surface area contributed by atoms with E-state index in [0.717, 1.165) is 32.5 Å². The molecule has 0 aromatic carbocycles. The zero-order valence-electron chi connectivity index (χ0n) is 12.7. The number of nitrogens with zero attached hydrogens (tertiary/aromatic N) is 2. The van der Waals surface area contributed by atoms with E-state index in [1.807, 2.05) is 6.92 Å². The molecular weight excluding hydrogens is 230 g/mol. The SMILES string of the molecule is CNC(C)(CCCN(C)CCN(C)C)C(=O)OC. The number of likely N-dealkylation sites (N-methyl/N-ethyl adjacent to an activating group) is 3. The highest BCUT2D eigenvalue weighted by Gasteiger charge is 2.31. The predicted molar refractivity (Wildman–Crippen MR) is 74.8 cm³/mol. The highest BCUT2D eigenvalue weighted by Crippen LogP contribution is 2.14. The molecular formula is C13H29N3O2. The molecule has 0 heterocycles. The summed E-state index contributed by atoms with van der Waals surface area (Å²) in [4.78, 5) is 16.1. The van der Waals surface area contributed by atoms with Gasteiger partial charge in [-0.25, -0.2) is 0 Å². The van der Waals surface area contributed by atoms with Crippen molar-refractivity contribution in [2.24, 2.45) is 0 Å². The van der Waals surface area contributed by atoms with Crippen molar-refractivity contribution in [3.63, 3.8) is 0 Å². The number of ether oxygens (including phenoxy) is 1. The fraction of sp³-hybridized carbons (Fsp3) is 0.923. The monoisotopic (exact) mass is 259 g/mol. The van der Waals surface area contributed by atoms with Gasteiger partial charge in [-0.05, 0) is 54.5 Å². The van der Waals surface area contributed by atoms with Gasteiger partial charge in [0.1, 0.15) is 5.54 Å². The molecule has 0 rings (SSSR count). The molecule has 0 aliphatic heterocycles. The fourth-order valence-electron chi connectivity index (χ4n) is 1.74. The van der Waals surface area contributed by atoms with Crippen LogP contribution in [-0.2, 0) is 9.53 Å². The zero-order chi connectivity index (χ0) is 14.2. The van der Waals surface area contributed by atoms with E-state index in [2.05, 4.69) is 36.3 Å². The lowest BCUT2D eigenvalue weighted by molar-refractivity contribution is -0.148. The van der Waals surface area contributed by atoms with E-state index in [9.17, 15) is 4.79 Å². The highest BCUT2D eigenvalue weighted by atomic mass is 16.5. The van der Waals surface area contributed by atoms with Crippen molar-refractivity contribution in [2.75, 3.05) is 54.9 Å². The van der Waals surface area contributed by atoms with E-state index in [1.54, 1.807) is 7.05 Å². The summed E-state index contributed by atoms with van der Waals surface area (Å²) in [6.45, 7) is 4.97. The quantitative estimate of drug-likeness (QED) is 0.608. The van der Waals surface area contributed by atoms with Crippen LogP contribution in [0.25, 0.3) is 0 Å². The smallest absolute Gasteiger partial charge is 0.325 e. The molecule has 0 spiro atoms. The van der Waals surface area contributed by atoms with Gasteiger partial charge in [0, 0.05) is 13.1 Å². The molecule has 108 valence electrons. The molecule has 0 aromatic heterocycles. The Hall–Kier alpha value is -0.650. The minimum absolute atomic E-state index is 0.194. The van der Waals surface area contributed by atoms with Crippen molar-refractivity contribution in [3.8, 4) is 0 Å². The minimum atomic E-state index is -0.572. The first-order valence-corrected chi connectivity index (χ1v) is 6.46. The van der Waals surface area contributed by atoms with Gasteiger partial charge in [-0.2, -0.15) is 0 Å². The minimum Gasteiger partial charge on any atom is -0.468 e. The number of hydrogen-bond acceptors (Lipinski definition) is 5. The molecule has 0 saturated heterocycles. The Labute approximate surface area is 111 Å². The number of rotatable bonds is 9. The van der Waals surface area contributed by atoms with Crippen LogP contribution in [0.4, 0.5) is 0 Å². The lowest BCUT2D eigenvalue weighted by Crippen LogP contribution is -2.48. The Morgan fingerprint density at radius 1 is 1.22 bits per heavy atom. The second-order valence-electron chi connectivity index (χ2n) is 5.28. The van der Waals surface area contributed by atoms with Gasteiger partial charge in [0.2, 0.25) is 0 Å². The standard InChI is InChI=1S/C13H29N3O2/c1-13(14-2,12(17)18-6)8-7-9-16(5)11-10-15(3)4/h14H,7-11H2,1-6H3. The lowest BCUT2D eigenvalue weighted by Gasteiger charge is -2.27. The van der Waals surface area contributed by atoms with Crippen molar-refractivity contribution in [3.05, 3.63) is 0 Å². The largest absolute Gasteiger partial charge is 0.468 e. The Morgan fingerprint density at radius 2 is 1.83 bits per heavy atom. The van der Waals surface area contributed by atoms with Crippen LogP contribution >= 0.6 is 0 Å². The van der Waals surface area contributed by atoms with Crippen molar-refractivity contribution in [2.45, 2.75) is 25.3 Å². The molecule has 0 amide bonds. The van der Waals surface area contributed by atoms with Gasteiger partial charge in [-0.15, -0.1) is 0 Å². The summed E-state index contributed by atoms with van der Waals surface area (Å²) in [6, 6.07) is 0. The first kappa shape index (κ1) is 17.4. The summed E-state index contributed by atoms with van der Waals surface area (Å²) in [5.41, 5.74) is -0.572. The van der Waals surface area contributed by atoms with Gasteiger partial charge < -0.3 is 19.9 Å². The number of methoxy groups -OCH3 is 1. The first-order valence-electron chi connectivity index (χ1n) is 6.46. The van der Waals surface area contributed by atoms with Gasteiger partial charge in [0.15, 0.2) is 0 Å². The van der Waals surface area contributed by atoms with Crippen molar-refractivity contribution >= 4 is 5.97 Å². The fourth-order valence-corrected chi connectivity index (χ4v) is 1.74. The first-order chi connectivity index (χ1) is 8.35. The average molecular weight is 259 g/mol. The molecule has 18 heavy (non-hydrogen) atoms. The maximum absolute atomic E-state index is 11.7. The highest BCUT2D eigenvalue weighted by molar-refractivity contribution is 5.80. The van der Waals surface area contributed by atoms with Crippen molar-refractivity contribution in [1.82, 2.24) is 15.1 Å². The second kappa shape index (κ2) is 8.45. The van der Waals surface area contributed by atoms with E-state index < -0.39 is 5.54 Å². The third-order valence-corrected chi connectivity index (χ3v) is 3.33. The van der Waals surface area contributed by atoms with Crippen LogP contribution in [0.2, 0.25) is 0 Å². The molecule has 0 bridgehead atoms. The summed E-state index contributed by atoms with van der Waals surface area (Å²) in [5, 5.41) is 3.05. The number of hydrogen-bond donors (Lipinski definition) is 1. The number of carbonyl (C=O) groups excluding carboxylic acids is 1. The molecule has 1 N–H and O–H groups in total. The van der Waals surface area contributed by atoms with Gasteiger partial charge >= 0.3 is 5.97 Å². The molecule has 1 atom stereocenters. The number of carbonyl (C=O) groups is 1. The van der Waals surface area contributed by atoms with Crippen LogP contribution in [0.15, 0.2) is 0 Å². The van der Waals surface area contributed by atoms with E-state index in [0.29, 0.717) is 0 Å². The van der Waals surface area contributed by atoms with E-state index in [4.69, 9.17) is 4.74 Å². The average Bonchev–Trinajstić information content (AvgIpc) is 2.34. The molecule has 0 fully saturated rings. The van der Waals surface area contributed by atoms with Crippen LogP contribution in [0.3, 0.4) is 0 Å². The van der Waals surface area contributed by atoms with Crippen molar-refractivity contribution in [1.29, 1.82) is 0 Å². The second-order valence-corrected chi connectivity index (χ2v) is 5.28. The third kappa shape index (κ3) is 6.33. The van der Waals surface area contributed by atoms with Crippen LogP contribution in [0.1, 0.15) is 19.8 Å². The number of esters is 1. The summed E-state index contributed by atoms with van der Waals surface area (Å²) >= 11 is 0. The van der Waals surface area contributed by atoms with Crippen LogP contribution in [0, 0.1) is 0 Å².